The maximum absolute atomic E-state index is 12.3. The Morgan fingerprint density at radius 2 is 2.08 bits per heavy atom. The van der Waals surface area contributed by atoms with E-state index >= 15 is 0 Å². The first-order chi connectivity index (χ1) is 11.6. The van der Waals surface area contributed by atoms with Crippen molar-refractivity contribution >= 4 is 33.7 Å². The molecule has 2 rings (SSSR count). The summed E-state index contributed by atoms with van der Waals surface area (Å²) < 4.78 is 5.09. The molecule has 0 bridgehead atoms. The molecule has 0 unspecified atom stereocenters. The average molecular weight is 341 g/mol. The number of carbonyl (C=O) groups excluding carboxylic acids is 1. The Morgan fingerprint density at radius 3 is 2.67 bits per heavy atom. The van der Waals surface area contributed by atoms with E-state index in [4.69, 9.17) is 4.74 Å². The van der Waals surface area contributed by atoms with E-state index < -0.39 is 0 Å². The molecule has 0 fully saturated rings. The van der Waals surface area contributed by atoms with Crippen LogP contribution in [-0.4, -0.2) is 30.8 Å². The van der Waals surface area contributed by atoms with Crippen molar-refractivity contribution < 1.29 is 9.53 Å². The number of methoxy groups -OCH3 is 1. The minimum absolute atomic E-state index is 0.214. The number of aliphatic imine (C=N–C) groups is 1. The molecular weight excluding hydrogens is 322 g/mol. The third-order valence-electron chi connectivity index (χ3n) is 3.36. The van der Waals surface area contributed by atoms with Crippen LogP contribution in [0.5, 0.6) is 5.75 Å². The number of nitrogens with one attached hydrogen (secondary N) is 1. The lowest BCUT2D eigenvalue weighted by molar-refractivity contribution is 0.102. The molecule has 1 aromatic heterocycles. The number of anilines is 1. The summed E-state index contributed by atoms with van der Waals surface area (Å²) in [5.41, 5.74) is 3.04. The van der Waals surface area contributed by atoms with E-state index in [1.165, 1.54) is 11.3 Å². The van der Waals surface area contributed by atoms with Crippen molar-refractivity contribution in [3.63, 3.8) is 0 Å². The predicted octanol–water partition coefficient (Wildman–Crippen LogP) is 4.06. The van der Waals surface area contributed by atoms with Crippen molar-refractivity contribution in [1.29, 1.82) is 0 Å². The second-order valence-corrected chi connectivity index (χ2v) is 5.70. The molecule has 6 heteroatoms. The first kappa shape index (κ1) is 17.6. The molecule has 0 atom stereocenters. The van der Waals surface area contributed by atoms with E-state index in [9.17, 15) is 4.79 Å². The molecule has 0 aliphatic heterocycles. The van der Waals surface area contributed by atoms with Crippen molar-refractivity contribution in [3.8, 4) is 5.75 Å². The first-order valence-electron chi connectivity index (χ1n) is 7.26. The highest BCUT2D eigenvalue weighted by molar-refractivity contribution is 7.14. The Labute approximate surface area is 145 Å². The first-order valence-corrected chi connectivity index (χ1v) is 8.14. The smallest absolute Gasteiger partial charge is 0.257 e. The van der Waals surface area contributed by atoms with Crippen LogP contribution in [0.25, 0.3) is 5.57 Å². The molecule has 24 heavy (non-hydrogen) atoms. The summed E-state index contributed by atoms with van der Waals surface area (Å²) in [4.78, 5) is 20.9. The number of thiazole rings is 1. The van der Waals surface area contributed by atoms with Crippen LogP contribution in [-0.2, 0) is 0 Å². The fourth-order valence-corrected chi connectivity index (χ4v) is 2.70. The summed E-state index contributed by atoms with van der Waals surface area (Å²) in [6.07, 6.45) is 3.55. The summed E-state index contributed by atoms with van der Waals surface area (Å²) in [7, 11) is 3.31. The van der Waals surface area contributed by atoms with E-state index in [1.54, 1.807) is 44.5 Å². The van der Waals surface area contributed by atoms with Gasteiger partial charge >= 0.3 is 0 Å². The molecule has 0 saturated carbocycles. The van der Waals surface area contributed by atoms with Gasteiger partial charge in [-0.15, -0.1) is 11.3 Å². The minimum Gasteiger partial charge on any atom is -0.497 e. The van der Waals surface area contributed by atoms with Gasteiger partial charge in [0.05, 0.1) is 12.8 Å². The number of ether oxygens (including phenoxy) is 1. The predicted molar refractivity (Wildman–Crippen MR) is 100 cm³/mol. The molecule has 5 nitrogen and oxygen atoms in total. The van der Waals surface area contributed by atoms with Gasteiger partial charge in [0.25, 0.3) is 5.91 Å². The SMILES string of the molecule is C=C/C=C(\C(C)=NC)c1csc(NC(=O)c2ccc(OC)cc2)n1. The quantitative estimate of drug-likeness (QED) is 0.636. The van der Waals surface area contributed by atoms with Gasteiger partial charge in [0.2, 0.25) is 0 Å². The average Bonchev–Trinajstić information content (AvgIpc) is 3.07. The number of carbonyl (C=O) groups is 1. The molecule has 1 aromatic carbocycles. The van der Waals surface area contributed by atoms with E-state index in [2.05, 4.69) is 21.9 Å². The summed E-state index contributed by atoms with van der Waals surface area (Å²) in [6, 6.07) is 6.90. The summed E-state index contributed by atoms with van der Waals surface area (Å²) in [6.45, 7) is 5.62. The summed E-state index contributed by atoms with van der Waals surface area (Å²) >= 11 is 1.36. The van der Waals surface area contributed by atoms with Gasteiger partial charge in [-0.1, -0.05) is 18.7 Å². The Hall–Kier alpha value is -2.73. The highest BCUT2D eigenvalue weighted by Crippen LogP contribution is 2.23. The second-order valence-electron chi connectivity index (χ2n) is 4.85. The number of nitrogens with zero attached hydrogens (tertiary/aromatic N) is 2. The molecule has 2 aromatic rings. The zero-order valence-corrected chi connectivity index (χ0v) is 14.7. The van der Waals surface area contributed by atoms with Crippen molar-refractivity contribution in [3.05, 3.63) is 59.6 Å². The molecule has 0 saturated heterocycles. The van der Waals surface area contributed by atoms with Gasteiger partial charge in [-0.2, -0.15) is 0 Å². The second kappa shape index (κ2) is 8.21. The molecule has 0 spiro atoms. The zero-order chi connectivity index (χ0) is 17.5. The fourth-order valence-electron chi connectivity index (χ4n) is 2.00. The Bertz CT molecular complexity index is 789. The Balaban J connectivity index is 2.16. The maximum Gasteiger partial charge on any atom is 0.257 e. The number of allylic oxidation sites excluding steroid dienone is 3. The Kier molecular flexibility index (Phi) is 6.03. The van der Waals surface area contributed by atoms with Crippen molar-refractivity contribution in [1.82, 2.24) is 4.98 Å². The van der Waals surface area contributed by atoms with E-state index in [1.807, 2.05) is 18.4 Å². The highest BCUT2D eigenvalue weighted by Gasteiger charge is 2.12. The van der Waals surface area contributed by atoms with Gasteiger partial charge in [-0.25, -0.2) is 4.98 Å². The van der Waals surface area contributed by atoms with Gasteiger partial charge < -0.3 is 4.74 Å². The number of hydrogen-bond acceptors (Lipinski definition) is 5. The van der Waals surface area contributed by atoms with Crippen LogP contribution in [0, 0.1) is 0 Å². The van der Waals surface area contributed by atoms with Gasteiger partial charge in [-0.05, 0) is 31.2 Å². The number of hydrogen-bond donors (Lipinski definition) is 1. The van der Waals surface area contributed by atoms with Crippen LogP contribution in [0.2, 0.25) is 0 Å². The fraction of sp³-hybridized carbons (Fsp3) is 0.167. The third-order valence-corrected chi connectivity index (χ3v) is 4.12. The number of amides is 1. The van der Waals surface area contributed by atoms with E-state index in [0.29, 0.717) is 16.4 Å². The normalized spacial score (nSPS) is 12.0. The van der Waals surface area contributed by atoms with Gasteiger partial charge in [-0.3, -0.25) is 15.1 Å². The van der Waals surface area contributed by atoms with E-state index in [0.717, 1.165) is 17.0 Å². The summed E-state index contributed by atoms with van der Waals surface area (Å²) in [5.74, 6) is 0.491. The molecular formula is C18H19N3O2S. The van der Waals surface area contributed by atoms with Crippen molar-refractivity contribution in [2.75, 3.05) is 19.5 Å². The van der Waals surface area contributed by atoms with Crippen LogP contribution in [0.3, 0.4) is 0 Å². The largest absolute Gasteiger partial charge is 0.497 e. The zero-order valence-electron chi connectivity index (χ0n) is 13.9. The lowest BCUT2D eigenvalue weighted by atomic mass is 10.1. The van der Waals surface area contributed by atoms with Crippen molar-refractivity contribution in [2.24, 2.45) is 4.99 Å². The molecule has 0 aliphatic carbocycles. The van der Waals surface area contributed by atoms with Gasteiger partial charge in [0.1, 0.15) is 5.75 Å². The van der Waals surface area contributed by atoms with Crippen molar-refractivity contribution in [2.45, 2.75) is 6.92 Å². The van der Waals surface area contributed by atoms with Crippen LogP contribution < -0.4 is 10.1 Å². The molecule has 124 valence electrons. The maximum atomic E-state index is 12.3. The van der Waals surface area contributed by atoms with Gasteiger partial charge in [0, 0.05) is 29.3 Å². The van der Waals surface area contributed by atoms with Gasteiger partial charge in [0.15, 0.2) is 5.13 Å². The minimum atomic E-state index is -0.214. The third kappa shape index (κ3) is 4.17. The standard InChI is InChI=1S/C18H19N3O2S/c1-5-6-15(12(2)19-3)16-11-24-18(20-16)21-17(22)13-7-9-14(23-4)10-8-13/h5-11H,1H2,2-4H3,(H,20,21,22)/b15-6+,19-12?. The molecule has 1 heterocycles. The van der Waals surface area contributed by atoms with Crippen LogP contribution >= 0.6 is 11.3 Å². The Morgan fingerprint density at radius 1 is 1.38 bits per heavy atom. The molecule has 1 amide bonds. The van der Waals surface area contributed by atoms with E-state index in [-0.39, 0.29) is 5.91 Å². The van der Waals surface area contributed by atoms with Crippen LogP contribution in [0.1, 0.15) is 23.0 Å². The number of benzene rings is 1. The van der Waals surface area contributed by atoms with Crippen LogP contribution in [0.4, 0.5) is 5.13 Å². The molecule has 0 radical (unpaired) electrons. The lowest BCUT2D eigenvalue weighted by Crippen LogP contribution is -2.11. The van der Waals surface area contributed by atoms with Crippen LogP contribution in [0.15, 0.2) is 53.4 Å². The molecule has 0 aliphatic rings. The lowest BCUT2D eigenvalue weighted by Gasteiger charge is -2.04. The highest BCUT2D eigenvalue weighted by atomic mass is 32.1. The molecule has 1 N–H and O–H groups in total. The number of rotatable bonds is 6. The number of aromatic nitrogens is 1. The monoisotopic (exact) mass is 341 g/mol. The summed E-state index contributed by atoms with van der Waals surface area (Å²) in [5, 5.41) is 5.22. The topological polar surface area (TPSA) is 63.6 Å².